The Balaban J connectivity index is 1.81. The first-order valence-corrected chi connectivity index (χ1v) is 6.07. The maximum atomic E-state index is 5.92. The van der Waals surface area contributed by atoms with Crippen LogP contribution in [0.4, 0.5) is 0 Å². The maximum absolute atomic E-state index is 5.92. The van der Waals surface area contributed by atoms with Crippen molar-refractivity contribution in [1.29, 1.82) is 0 Å². The van der Waals surface area contributed by atoms with Gasteiger partial charge < -0.3 is 10.3 Å². The van der Waals surface area contributed by atoms with E-state index >= 15 is 0 Å². The van der Waals surface area contributed by atoms with E-state index in [0.29, 0.717) is 12.0 Å². The number of rotatable bonds is 1. The summed E-state index contributed by atoms with van der Waals surface area (Å²) in [5.41, 5.74) is 8.57. The Labute approximate surface area is 90.0 Å². The molecule has 1 aromatic rings. The highest BCUT2D eigenvalue weighted by atomic mass is 16.5. The van der Waals surface area contributed by atoms with Gasteiger partial charge in [0.05, 0.1) is 5.69 Å². The van der Waals surface area contributed by atoms with Gasteiger partial charge in [-0.1, -0.05) is 5.16 Å². The maximum Gasteiger partial charge on any atom is 0.143 e. The summed E-state index contributed by atoms with van der Waals surface area (Å²) in [5.74, 6) is 1.79. The molecule has 0 unspecified atom stereocenters. The van der Waals surface area contributed by atoms with Crippen LogP contribution in [0.15, 0.2) is 4.52 Å². The van der Waals surface area contributed by atoms with E-state index in [4.69, 9.17) is 10.3 Å². The van der Waals surface area contributed by atoms with Crippen LogP contribution >= 0.6 is 0 Å². The summed E-state index contributed by atoms with van der Waals surface area (Å²) in [6.07, 6.45) is 8.20. The Hall–Kier alpha value is -0.830. The third-order valence-electron chi connectivity index (χ3n) is 3.88. The number of nitrogens with zero attached hydrogens (tertiary/aromatic N) is 1. The zero-order valence-corrected chi connectivity index (χ0v) is 9.04. The Bertz CT molecular complexity index is 351. The van der Waals surface area contributed by atoms with Crippen molar-refractivity contribution in [3.63, 3.8) is 0 Å². The van der Waals surface area contributed by atoms with Crippen LogP contribution in [0.1, 0.15) is 55.0 Å². The first kappa shape index (κ1) is 9.40. The predicted molar refractivity (Wildman–Crippen MR) is 57.7 cm³/mol. The summed E-state index contributed by atoms with van der Waals surface area (Å²) in [6.45, 7) is 0. The number of aryl methyl sites for hydroxylation is 1. The summed E-state index contributed by atoms with van der Waals surface area (Å²) in [6, 6.07) is 0.414. The molecular weight excluding hydrogens is 188 g/mol. The number of fused-ring (bicyclic) bond motifs is 1. The molecule has 3 heteroatoms. The molecule has 0 saturated heterocycles. The molecule has 15 heavy (non-hydrogen) atoms. The van der Waals surface area contributed by atoms with Crippen molar-refractivity contribution >= 4 is 0 Å². The van der Waals surface area contributed by atoms with Crippen LogP contribution in [0.25, 0.3) is 0 Å². The second-order valence-corrected chi connectivity index (χ2v) is 4.94. The topological polar surface area (TPSA) is 52.0 Å². The highest BCUT2D eigenvalue weighted by Crippen LogP contribution is 2.37. The molecule has 1 aromatic heterocycles. The van der Waals surface area contributed by atoms with Crippen molar-refractivity contribution in [3.05, 3.63) is 17.0 Å². The Morgan fingerprint density at radius 3 is 2.73 bits per heavy atom. The number of nitrogens with two attached hydrogens (primary N) is 1. The molecule has 0 amide bonds. The third kappa shape index (κ3) is 1.59. The van der Waals surface area contributed by atoms with Crippen LogP contribution in [0.2, 0.25) is 0 Å². The van der Waals surface area contributed by atoms with Gasteiger partial charge in [-0.15, -0.1) is 0 Å². The molecule has 2 N–H and O–H groups in total. The van der Waals surface area contributed by atoms with Crippen molar-refractivity contribution in [2.75, 3.05) is 0 Å². The number of hydrogen-bond acceptors (Lipinski definition) is 3. The van der Waals surface area contributed by atoms with Gasteiger partial charge in [0.25, 0.3) is 0 Å². The molecule has 0 radical (unpaired) electrons. The lowest BCUT2D eigenvalue weighted by atomic mass is 9.83. The van der Waals surface area contributed by atoms with Gasteiger partial charge in [-0.05, 0) is 44.9 Å². The molecule has 1 heterocycles. The monoisotopic (exact) mass is 206 g/mol. The molecule has 0 aromatic carbocycles. The van der Waals surface area contributed by atoms with Gasteiger partial charge in [-0.2, -0.15) is 0 Å². The van der Waals surface area contributed by atoms with Crippen molar-refractivity contribution in [2.45, 2.75) is 56.9 Å². The fourth-order valence-electron chi connectivity index (χ4n) is 2.96. The van der Waals surface area contributed by atoms with Gasteiger partial charge in [0.15, 0.2) is 0 Å². The first-order chi connectivity index (χ1) is 7.34. The minimum absolute atomic E-state index is 0.414. The Morgan fingerprint density at radius 2 is 1.93 bits per heavy atom. The molecule has 0 atom stereocenters. The largest absolute Gasteiger partial charge is 0.361 e. The second kappa shape index (κ2) is 3.63. The zero-order chi connectivity index (χ0) is 10.3. The van der Waals surface area contributed by atoms with Crippen molar-refractivity contribution < 1.29 is 4.52 Å². The summed E-state index contributed by atoms with van der Waals surface area (Å²) in [5, 5.41) is 4.18. The number of hydrogen-bond donors (Lipinski definition) is 1. The lowest BCUT2D eigenvalue weighted by Gasteiger charge is -2.24. The van der Waals surface area contributed by atoms with E-state index in [1.807, 2.05) is 0 Å². The van der Waals surface area contributed by atoms with Crippen molar-refractivity contribution in [3.8, 4) is 0 Å². The molecule has 3 rings (SSSR count). The predicted octanol–water partition coefficient (Wildman–Crippen LogP) is 2.15. The van der Waals surface area contributed by atoms with Crippen LogP contribution in [0.3, 0.4) is 0 Å². The molecule has 2 aliphatic carbocycles. The quantitative estimate of drug-likeness (QED) is 0.766. The standard InChI is InChI=1S/C12H18N2O/c13-9-6-4-8(5-7-9)12-10-2-1-3-11(10)14-15-12/h8-9H,1-7,13H2. The van der Waals surface area contributed by atoms with E-state index in [0.717, 1.165) is 19.3 Å². The highest BCUT2D eigenvalue weighted by molar-refractivity contribution is 5.29. The van der Waals surface area contributed by atoms with E-state index in [1.165, 1.54) is 42.7 Å². The molecule has 0 spiro atoms. The van der Waals surface area contributed by atoms with Gasteiger partial charge in [0.1, 0.15) is 5.76 Å². The zero-order valence-electron chi connectivity index (χ0n) is 9.04. The third-order valence-corrected chi connectivity index (χ3v) is 3.88. The minimum atomic E-state index is 0.414. The fraction of sp³-hybridized carbons (Fsp3) is 0.750. The molecule has 0 aliphatic heterocycles. The van der Waals surface area contributed by atoms with Gasteiger partial charge in [0, 0.05) is 17.5 Å². The molecule has 3 nitrogen and oxygen atoms in total. The molecule has 1 fully saturated rings. The molecule has 1 saturated carbocycles. The summed E-state index contributed by atoms with van der Waals surface area (Å²) in [4.78, 5) is 0. The van der Waals surface area contributed by atoms with E-state index in [9.17, 15) is 0 Å². The van der Waals surface area contributed by atoms with Crippen LogP contribution in [0, 0.1) is 0 Å². The summed E-state index contributed by atoms with van der Waals surface area (Å²) >= 11 is 0. The lowest BCUT2D eigenvalue weighted by Crippen LogP contribution is -2.25. The highest BCUT2D eigenvalue weighted by Gasteiger charge is 2.29. The SMILES string of the molecule is NC1CCC(c2onc3c2CCC3)CC1. The normalized spacial score (nSPS) is 30.5. The van der Waals surface area contributed by atoms with Crippen molar-refractivity contribution in [2.24, 2.45) is 5.73 Å². The van der Waals surface area contributed by atoms with Gasteiger partial charge in [-0.3, -0.25) is 0 Å². The molecule has 0 bridgehead atoms. The van der Waals surface area contributed by atoms with E-state index in [1.54, 1.807) is 0 Å². The summed E-state index contributed by atoms with van der Waals surface area (Å²) in [7, 11) is 0. The fourth-order valence-corrected chi connectivity index (χ4v) is 2.96. The van der Waals surface area contributed by atoms with Gasteiger partial charge in [0.2, 0.25) is 0 Å². The smallest absolute Gasteiger partial charge is 0.143 e. The van der Waals surface area contributed by atoms with E-state index < -0.39 is 0 Å². The average molecular weight is 206 g/mol. The average Bonchev–Trinajstić information content (AvgIpc) is 2.80. The first-order valence-electron chi connectivity index (χ1n) is 6.07. The molecule has 82 valence electrons. The van der Waals surface area contributed by atoms with Crippen LogP contribution in [-0.2, 0) is 12.8 Å². The second-order valence-electron chi connectivity index (χ2n) is 4.94. The summed E-state index contributed by atoms with van der Waals surface area (Å²) < 4.78 is 5.52. The Morgan fingerprint density at radius 1 is 1.13 bits per heavy atom. The van der Waals surface area contributed by atoms with Gasteiger partial charge in [-0.25, -0.2) is 0 Å². The van der Waals surface area contributed by atoms with E-state index in [-0.39, 0.29) is 0 Å². The van der Waals surface area contributed by atoms with Gasteiger partial charge >= 0.3 is 0 Å². The molecule has 2 aliphatic rings. The molecular formula is C12H18N2O. The van der Waals surface area contributed by atoms with E-state index in [2.05, 4.69) is 5.16 Å². The number of aromatic nitrogens is 1. The van der Waals surface area contributed by atoms with Crippen molar-refractivity contribution in [1.82, 2.24) is 5.16 Å². The van der Waals surface area contributed by atoms with Crippen LogP contribution in [-0.4, -0.2) is 11.2 Å². The Kier molecular flexibility index (Phi) is 2.28. The van der Waals surface area contributed by atoms with Crippen LogP contribution < -0.4 is 5.73 Å². The minimum Gasteiger partial charge on any atom is -0.361 e. The lowest BCUT2D eigenvalue weighted by molar-refractivity contribution is 0.302. The van der Waals surface area contributed by atoms with Crippen LogP contribution in [0.5, 0.6) is 0 Å².